The number of aliphatic hydroxyl groups excluding tert-OH is 1. The number of halogens is 3. The lowest BCUT2D eigenvalue weighted by Gasteiger charge is -2.09. The predicted molar refractivity (Wildman–Crippen MR) is 96.1 cm³/mol. The van der Waals surface area contributed by atoms with Crippen LogP contribution in [0.1, 0.15) is 5.76 Å². The third-order valence-electron chi connectivity index (χ3n) is 3.93. The number of methoxy groups -OCH3 is 1. The summed E-state index contributed by atoms with van der Waals surface area (Å²) in [5, 5.41) is 18.4. The number of ether oxygens (including phenoxy) is 1. The van der Waals surface area contributed by atoms with E-state index in [4.69, 9.17) is 26.0 Å². The first-order valence-electron chi connectivity index (χ1n) is 7.63. The molecule has 3 rings (SSSR count). The van der Waals surface area contributed by atoms with Crippen LogP contribution < -0.4 is 9.88 Å². The van der Waals surface area contributed by atoms with Gasteiger partial charge in [0.15, 0.2) is 5.76 Å². The number of hydrogen-bond donors (Lipinski definition) is 2. The number of nitrogens with two attached hydrogens (primary N) is 1. The number of rotatable bonds is 5. The minimum absolute atomic E-state index is 0.0545. The maximum absolute atomic E-state index is 14.6. The van der Waals surface area contributed by atoms with Crippen LogP contribution in [0, 0.1) is 11.6 Å². The van der Waals surface area contributed by atoms with E-state index >= 15 is 0 Å². The molecular weight excluding hydrogens is 418 g/mol. The fourth-order valence-corrected chi connectivity index (χ4v) is 3.51. The van der Waals surface area contributed by atoms with Crippen molar-refractivity contribution in [2.75, 3.05) is 7.11 Å². The van der Waals surface area contributed by atoms with Crippen LogP contribution in [0.15, 0.2) is 39.8 Å². The van der Waals surface area contributed by atoms with Gasteiger partial charge < -0.3 is 14.4 Å². The quantitative estimate of drug-likeness (QED) is 0.642. The fourth-order valence-electron chi connectivity index (χ4n) is 2.66. The average Bonchev–Trinajstić information content (AvgIpc) is 3.06. The molecular formula is C17H13ClF2N2O5S. The van der Waals surface area contributed by atoms with E-state index in [0.29, 0.717) is 23.4 Å². The molecule has 3 N–H and O–H groups in total. The highest BCUT2D eigenvalue weighted by molar-refractivity contribution is 7.89. The van der Waals surface area contributed by atoms with Crippen LogP contribution in [0.2, 0.25) is 5.02 Å². The Morgan fingerprint density at radius 1 is 1.25 bits per heavy atom. The van der Waals surface area contributed by atoms with E-state index in [0.717, 1.165) is 0 Å². The van der Waals surface area contributed by atoms with Crippen molar-refractivity contribution in [3.63, 3.8) is 0 Å². The Bertz CT molecular complexity index is 1160. The van der Waals surface area contributed by atoms with Crippen molar-refractivity contribution < 1.29 is 31.6 Å². The van der Waals surface area contributed by atoms with E-state index in [1.165, 1.54) is 19.2 Å². The summed E-state index contributed by atoms with van der Waals surface area (Å²) in [4.78, 5) is -0.996. The maximum atomic E-state index is 14.6. The molecule has 3 aromatic rings. The van der Waals surface area contributed by atoms with Crippen LogP contribution in [0.5, 0.6) is 5.75 Å². The Morgan fingerprint density at radius 2 is 1.96 bits per heavy atom. The lowest BCUT2D eigenvalue weighted by Crippen LogP contribution is -2.14. The second-order valence-corrected chi connectivity index (χ2v) is 7.58. The SMILES string of the molecule is COc1ccc(-c2noc(CO)c2-c2cc(F)c(S(N)(=O)=O)cc2F)cc1Cl. The van der Waals surface area contributed by atoms with Gasteiger partial charge in [0.05, 0.1) is 17.7 Å². The van der Waals surface area contributed by atoms with E-state index in [-0.39, 0.29) is 27.6 Å². The molecule has 0 aliphatic carbocycles. The highest BCUT2D eigenvalue weighted by Crippen LogP contribution is 2.39. The Balaban J connectivity index is 2.25. The van der Waals surface area contributed by atoms with Crippen molar-refractivity contribution in [1.29, 1.82) is 0 Å². The van der Waals surface area contributed by atoms with Gasteiger partial charge in [0, 0.05) is 11.1 Å². The van der Waals surface area contributed by atoms with Crippen molar-refractivity contribution in [3.8, 4) is 28.1 Å². The molecule has 0 aliphatic rings. The summed E-state index contributed by atoms with van der Waals surface area (Å²) >= 11 is 6.10. The lowest BCUT2D eigenvalue weighted by atomic mass is 9.98. The number of aromatic nitrogens is 1. The average molecular weight is 431 g/mol. The highest BCUT2D eigenvalue weighted by Gasteiger charge is 2.25. The molecule has 0 saturated carbocycles. The molecule has 148 valence electrons. The highest BCUT2D eigenvalue weighted by atomic mass is 35.5. The van der Waals surface area contributed by atoms with Crippen LogP contribution in [0.3, 0.4) is 0 Å². The summed E-state index contributed by atoms with van der Waals surface area (Å²) in [6.45, 7) is -0.662. The van der Waals surface area contributed by atoms with Crippen molar-refractivity contribution in [1.82, 2.24) is 5.16 Å². The van der Waals surface area contributed by atoms with Crippen LogP contribution in [-0.2, 0) is 16.6 Å². The standard InChI is InChI=1S/C17H13ClF2N2O5S/c1-26-13-3-2-8(4-10(13)18)17-16(14(7-23)27-22-17)9-5-12(20)15(6-11(9)19)28(21,24)25/h2-6,23H,7H2,1H3,(H2,21,24,25). The van der Waals surface area contributed by atoms with E-state index in [2.05, 4.69) is 5.16 Å². The molecule has 7 nitrogen and oxygen atoms in total. The smallest absolute Gasteiger partial charge is 0.241 e. The van der Waals surface area contributed by atoms with Crippen molar-refractivity contribution in [3.05, 3.63) is 52.7 Å². The Kier molecular flexibility index (Phi) is 5.39. The number of aliphatic hydroxyl groups is 1. The minimum atomic E-state index is -4.47. The van der Waals surface area contributed by atoms with E-state index in [9.17, 15) is 22.3 Å². The number of primary sulfonamides is 1. The summed E-state index contributed by atoms with van der Waals surface area (Å²) in [5.41, 5.74) is 0.0214. The largest absolute Gasteiger partial charge is 0.495 e. The molecule has 0 amide bonds. The zero-order valence-corrected chi connectivity index (χ0v) is 15.8. The molecule has 1 aromatic heterocycles. The van der Waals surface area contributed by atoms with Gasteiger partial charge in [0.25, 0.3) is 0 Å². The van der Waals surface area contributed by atoms with Gasteiger partial charge in [0.1, 0.15) is 34.6 Å². The van der Waals surface area contributed by atoms with Crippen LogP contribution >= 0.6 is 11.6 Å². The van der Waals surface area contributed by atoms with Crippen LogP contribution in [-0.4, -0.2) is 25.8 Å². The molecule has 0 spiro atoms. The zero-order valence-electron chi connectivity index (χ0n) is 14.2. The van der Waals surface area contributed by atoms with Gasteiger partial charge in [-0.25, -0.2) is 22.3 Å². The summed E-state index contributed by atoms with van der Waals surface area (Å²) in [7, 11) is -3.04. The lowest BCUT2D eigenvalue weighted by molar-refractivity contribution is 0.230. The first-order chi connectivity index (χ1) is 13.2. The minimum Gasteiger partial charge on any atom is -0.495 e. The van der Waals surface area contributed by atoms with Gasteiger partial charge in [-0.1, -0.05) is 16.8 Å². The summed E-state index contributed by atoms with van der Waals surface area (Å²) in [6, 6.07) is 5.67. The second kappa shape index (κ2) is 7.47. The molecule has 1 heterocycles. The normalized spacial score (nSPS) is 11.6. The first kappa shape index (κ1) is 20.2. The Morgan fingerprint density at radius 3 is 2.54 bits per heavy atom. The van der Waals surface area contributed by atoms with E-state index in [1.54, 1.807) is 6.07 Å². The third-order valence-corrected chi connectivity index (χ3v) is 5.15. The summed E-state index contributed by atoms with van der Waals surface area (Å²) < 4.78 is 61.8. The van der Waals surface area contributed by atoms with Crippen LogP contribution in [0.25, 0.3) is 22.4 Å². The molecule has 0 atom stereocenters. The molecule has 28 heavy (non-hydrogen) atoms. The molecule has 11 heteroatoms. The Hall–Kier alpha value is -2.53. The summed E-state index contributed by atoms with van der Waals surface area (Å²) in [5.74, 6) is -2.12. The van der Waals surface area contributed by atoms with E-state index < -0.39 is 33.2 Å². The number of benzene rings is 2. The van der Waals surface area contributed by atoms with Gasteiger partial charge in [-0.05, 0) is 30.3 Å². The van der Waals surface area contributed by atoms with Crippen molar-refractivity contribution in [2.24, 2.45) is 5.14 Å². The van der Waals surface area contributed by atoms with Gasteiger partial charge in [0.2, 0.25) is 10.0 Å². The number of sulfonamides is 1. The number of nitrogens with zero attached hydrogens (tertiary/aromatic N) is 1. The molecule has 0 unspecified atom stereocenters. The van der Waals surface area contributed by atoms with Gasteiger partial charge >= 0.3 is 0 Å². The van der Waals surface area contributed by atoms with Gasteiger partial charge in [-0.3, -0.25) is 0 Å². The zero-order chi connectivity index (χ0) is 20.6. The molecule has 0 bridgehead atoms. The topological polar surface area (TPSA) is 116 Å². The number of hydrogen-bond acceptors (Lipinski definition) is 6. The van der Waals surface area contributed by atoms with Gasteiger partial charge in [-0.15, -0.1) is 0 Å². The molecule has 2 aromatic carbocycles. The summed E-state index contributed by atoms with van der Waals surface area (Å²) in [6.07, 6.45) is 0. The molecule has 0 radical (unpaired) electrons. The second-order valence-electron chi connectivity index (χ2n) is 5.64. The molecule has 0 fully saturated rings. The fraction of sp³-hybridized carbons (Fsp3) is 0.118. The van der Waals surface area contributed by atoms with Crippen LogP contribution in [0.4, 0.5) is 8.78 Å². The van der Waals surface area contributed by atoms with Crippen molar-refractivity contribution >= 4 is 21.6 Å². The van der Waals surface area contributed by atoms with Crippen molar-refractivity contribution in [2.45, 2.75) is 11.5 Å². The molecule has 0 saturated heterocycles. The Labute approximate surface area is 163 Å². The van der Waals surface area contributed by atoms with E-state index in [1.807, 2.05) is 0 Å². The van der Waals surface area contributed by atoms with Gasteiger partial charge in [-0.2, -0.15) is 0 Å². The maximum Gasteiger partial charge on any atom is 0.241 e. The predicted octanol–water partition coefficient (Wildman–Crippen LogP) is 3.09. The third kappa shape index (κ3) is 3.59. The molecule has 0 aliphatic heterocycles. The monoisotopic (exact) mass is 430 g/mol. The first-order valence-corrected chi connectivity index (χ1v) is 9.55.